The molecule has 2 aliphatic rings. The van der Waals surface area contributed by atoms with E-state index in [1.165, 1.54) is 6.42 Å². The van der Waals surface area contributed by atoms with Crippen LogP contribution in [0.3, 0.4) is 0 Å². The molecule has 1 saturated heterocycles. The van der Waals surface area contributed by atoms with Crippen LogP contribution in [0.4, 0.5) is 27.5 Å². The number of amides is 3. The molecule has 41 heavy (non-hydrogen) atoms. The van der Waals surface area contributed by atoms with E-state index in [-0.39, 0.29) is 18.0 Å². The largest absolute Gasteiger partial charge is 0.495 e. The van der Waals surface area contributed by atoms with Crippen LogP contribution in [0, 0.1) is 13.8 Å². The molecular formula is C33H41N5O3. The third kappa shape index (κ3) is 6.76. The maximum Gasteiger partial charge on any atom is 0.323 e. The van der Waals surface area contributed by atoms with Gasteiger partial charge < -0.3 is 30.5 Å². The minimum atomic E-state index is -0.337. The Hall–Kier alpha value is -4.20. The number of urea groups is 1. The highest BCUT2D eigenvalue weighted by Gasteiger charge is 2.25. The van der Waals surface area contributed by atoms with Gasteiger partial charge in [-0.25, -0.2) is 4.79 Å². The summed E-state index contributed by atoms with van der Waals surface area (Å²) in [7, 11) is 1.70. The third-order valence-electron chi connectivity index (χ3n) is 8.34. The lowest BCUT2D eigenvalue weighted by molar-refractivity contribution is 0.0928. The van der Waals surface area contributed by atoms with Crippen LogP contribution in [0.1, 0.15) is 53.6 Å². The molecule has 3 aromatic rings. The van der Waals surface area contributed by atoms with Crippen molar-refractivity contribution in [2.24, 2.45) is 0 Å². The first-order valence-corrected chi connectivity index (χ1v) is 14.6. The van der Waals surface area contributed by atoms with E-state index >= 15 is 0 Å². The molecule has 8 nitrogen and oxygen atoms in total. The van der Waals surface area contributed by atoms with Gasteiger partial charge in [-0.15, -0.1) is 0 Å². The van der Waals surface area contributed by atoms with Crippen LogP contribution in [-0.2, 0) is 0 Å². The van der Waals surface area contributed by atoms with Gasteiger partial charge in [0.05, 0.1) is 18.4 Å². The zero-order chi connectivity index (χ0) is 28.8. The first-order chi connectivity index (χ1) is 19.9. The number of nitrogens with zero attached hydrogens (tertiary/aromatic N) is 2. The van der Waals surface area contributed by atoms with Crippen molar-refractivity contribution in [3.8, 4) is 5.75 Å². The predicted molar refractivity (Wildman–Crippen MR) is 167 cm³/mol. The Morgan fingerprint density at radius 2 is 1.51 bits per heavy atom. The van der Waals surface area contributed by atoms with Gasteiger partial charge >= 0.3 is 6.03 Å². The number of carbonyl (C=O) groups excluding carboxylic acids is 2. The van der Waals surface area contributed by atoms with Gasteiger partial charge in [0.2, 0.25) is 0 Å². The molecule has 1 aliphatic carbocycles. The van der Waals surface area contributed by atoms with Crippen molar-refractivity contribution in [2.75, 3.05) is 53.7 Å². The molecule has 5 rings (SSSR count). The SMILES string of the molecule is COc1ccccc1N1CCN(c2ccc(NC(=O)Nc3cccc(C)c3C)cc2C(=O)NC2CCCCC2)CC1. The van der Waals surface area contributed by atoms with E-state index in [2.05, 4.69) is 31.8 Å². The zero-order valence-electron chi connectivity index (χ0n) is 24.3. The number of anilines is 4. The van der Waals surface area contributed by atoms with E-state index in [0.29, 0.717) is 11.3 Å². The Bertz CT molecular complexity index is 1380. The molecule has 0 spiro atoms. The van der Waals surface area contributed by atoms with Gasteiger partial charge in [-0.3, -0.25) is 4.79 Å². The van der Waals surface area contributed by atoms with Crippen LogP contribution in [0.5, 0.6) is 5.75 Å². The van der Waals surface area contributed by atoms with Crippen LogP contribution in [0.25, 0.3) is 0 Å². The van der Waals surface area contributed by atoms with E-state index in [1.807, 2.05) is 68.4 Å². The number of ether oxygens (including phenoxy) is 1. The Labute approximate surface area is 243 Å². The lowest BCUT2D eigenvalue weighted by Gasteiger charge is -2.38. The summed E-state index contributed by atoms with van der Waals surface area (Å²) < 4.78 is 5.58. The van der Waals surface area contributed by atoms with E-state index in [9.17, 15) is 9.59 Å². The number of hydrogen-bond donors (Lipinski definition) is 3. The average molecular weight is 556 g/mol. The van der Waals surface area contributed by atoms with Crippen molar-refractivity contribution in [3.63, 3.8) is 0 Å². The first-order valence-electron chi connectivity index (χ1n) is 14.6. The summed E-state index contributed by atoms with van der Waals surface area (Å²) in [6.45, 7) is 7.15. The number of carbonyl (C=O) groups is 2. The molecule has 8 heteroatoms. The number of piperazine rings is 1. The predicted octanol–water partition coefficient (Wildman–Crippen LogP) is 6.35. The molecule has 0 atom stereocenters. The molecule has 0 bridgehead atoms. The molecular weight excluding hydrogens is 514 g/mol. The lowest BCUT2D eigenvalue weighted by Crippen LogP contribution is -2.47. The Morgan fingerprint density at radius 3 is 2.24 bits per heavy atom. The molecule has 3 amide bonds. The van der Waals surface area contributed by atoms with Crippen LogP contribution >= 0.6 is 0 Å². The van der Waals surface area contributed by atoms with E-state index < -0.39 is 0 Å². The normalized spacial score (nSPS) is 15.8. The Kier molecular flexibility index (Phi) is 8.97. The minimum Gasteiger partial charge on any atom is -0.495 e. The monoisotopic (exact) mass is 555 g/mol. The molecule has 3 N–H and O–H groups in total. The van der Waals surface area contributed by atoms with Crippen LogP contribution in [0.15, 0.2) is 60.7 Å². The zero-order valence-corrected chi connectivity index (χ0v) is 24.3. The highest BCUT2D eigenvalue weighted by Crippen LogP contribution is 2.31. The summed E-state index contributed by atoms with van der Waals surface area (Å²) in [5, 5.41) is 9.16. The molecule has 216 valence electrons. The van der Waals surface area contributed by atoms with Crippen LogP contribution in [0.2, 0.25) is 0 Å². The summed E-state index contributed by atoms with van der Waals surface area (Å²) in [6.07, 6.45) is 5.53. The highest BCUT2D eigenvalue weighted by atomic mass is 16.5. The number of para-hydroxylation sites is 2. The molecule has 0 unspecified atom stereocenters. The van der Waals surface area contributed by atoms with Crippen LogP contribution < -0.4 is 30.5 Å². The smallest absolute Gasteiger partial charge is 0.323 e. The second-order valence-electron chi connectivity index (χ2n) is 11.0. The number of hydrogen-bond acceptors (Lipinski definition) is 5. The van der Waals surface area contributed by atoms with E-state index in [4.69, 9.17) is 4.74 Å². The second kappa shape index (κ2) is 13.0. The summed E-state index contributed by atoms with van der Waals surface area (Å²) in [5.41, 5.74) is 6.04. The fraction of sp³-hybridized carbons (Fsp3) is 0.394. The molecule has 0 radical (unpaired) electrons. The number of benzene rings is 3. The standard InChI is InChI=1S/C33H41N5O3/c1-23-10-9-13-28(24(23)2)36-33(40)35-26-16-17-29(27(22-26)32(39)34-25-11-5-4-6-12-25)37-18-20-38(21-19-37)30-14-7-8-15-31(30)41-3/h7-10,13-17,22,25H,4-6,11-12,18-21H2,1-3H3,(H,34,39)(H2,35,36,40). The summed E-state index contributed by atoms with van der Waals surface area (Å²) >= 11 is 0. The van der Waals surface area contributed by atoms with Gasteiger partial charge in [0.25, 0.3) is 5.91 Å². The van der Waals surface area contributed by atoms with Crippen molar-refractivity contribution in [2.45, 2.75) is 52.0 Å². The van der Waals surface area contributed by atoms with Crippen molar-refractivity contribution < 1.29 is 14.3 Å². The number of nitrogens with one attached hydrogen (secondary N) is 3. The van der Waals surface area contributed by atoms with Gasteiger partial charge in [0.15, 0.2) is 0 Å². The summed E-state index contributed by atoms with van der Waals surface area (Å²) in [4.78, 5) is 31.2. The maximum absolute atomic E-state index is 13.7. The first kappa shape index (κ1) is 28.3. The fourth-order valence-corrected chi connectivity index (χ4v) is 5.83. The minimum absolute atomic E-state index is 0.0855. The maximum atomic E-state index is 13.7. The molecule has 3 aromatic carbocycles. The van der Waals surface area contributed by atoms with Crippen molar-refractivity contribution >= 4 is 34.7 Å². The Balaban J connectivity index is 1.34. The molecule has 1 saturated carbocycles. The Morgan fingerprint density at radius 1 is 0.805 bits per heavy atom. The van der Waals surface area contributed by atoms with Gasteiger partial charge in [-0.2, -0.15) is 0 Å². The van der Waals surface area contributed by atoms with Gasteiger partial charge in [-0.05, 0) is 74.2 Å². The van der Waals surface area contributed by atoms with E-state index in [0.717, 1.165) is 85.8 Å². The second-order valence-corrected chi connectivity index (χ2v) is 11.0. The average Bonchev–Trinajstić information content (AvgIpc) is 3.00. The van der Waals surface area contributed by atoms with Gasteiger partial charge in [0.1, 0.15) is 5.75 Å². The molecule has 1 heterocycles. The fourth-order valence-electron chi connectivity index (χ4n) is 5.83. The van der Waals surface area contributed by atoms with E-state index in [1.54, 1.807) is 7.11 Å². The highest BCUT2D eigenvalue weighted by molar-refractivity contribution is 6.04. The van der Waals surface area contributed by atoms with Gasteiger partial charge in [0, 0.05) is 49.3 Å². The topological polar surface area (TPSA) is 85.9 Å². The molecule has 2 fully saturated rings. The lowest BCUT2D eigenvalue weighted by atomic mass is 9.95. The van der Waals surface area contributed by atoms with Crippen LogP contribution in [-0.4, -0.2) is 51.3 Å². The molecule has 0 aromatic heterocycles. The number of aryl methyl sites for hydroxylation is 1. The summed E-state index contributed by atoms with van der Waals surface area (Å²) in [6, 6.07) is 19.4. The number of methoxy groups -OCH3 is 1. The van der Waals surface area contributed by atoms with Gasteiger partial charge in [-0.1, -0.05) is 43.5 Å². The van der Waals surface area contributed by atoms with Crippen molar-refractivity contribution in [1.82, 2.24) is 5.32 Å². The molecule has 1 aliphatic heterocycles. The quantitative estimate of drug-likeness (QED) is 0.317. The third-order valence-corrected chi connectivity index (χ3v) is 8.34. The summed E-state index contributed by atoms with van der Waals surface area (Å²) in [5.74, 6) is 0.778. The van der Waals surface area contributed by atoms with Crippen molar-refractivity contribution in [1.29, 1.82) is 0 Å². The van der Waals surface area contributed by atoms with Crippen molar-refractivity contribution in [3.05, 3.63) is 77.4 Å². The number of rotatable bonds is 7.